The summed E-state index contributed by atoms with van der Waals surface area (Å²) in [6.07, 6.45) is 1.85. The molecule has 0 aromatic heterocycles. The number of alkyl halides is 1. The third-order valence-corrected chi connectivity index (χ3v) is 5.57. The second kappa shape index (κ2) is 5.28. The van der Waals surface area contributed by atoms with Crippen LogP contribution in [0.1, 0.15) is 26.7 Å². The zero-order chi connectivity index (χ0) is 13.5. The van der Waals surface area contributed by atoms with E-state index in [2.05, 4.69) is 13.8 Å². The summed E-state index contributed by atoms with van der Waals surface area (Å²) in [7, 11) is 0. The topological polar surface area (TPSA) is 9.23 Å². The Morgan fingerprint density at radius 3 is 2.39 bits per heavy atom. The van der Waals surface area contributed by atoms with Crippen LogP contribution in [0.3, 0.4) is 0 Å². The fraction of sp³-hybridized carbons (Fsp3) is 0.538. The molecule has 1 nitrogen and oxygen atoms in total. The monoisotopic (exact) mass is 326 g/mol. The molecule has 3 unspecified atom stereocenters. The number of halogens is 4. The molecule has 0 heterocycles. The molecule has 0 saturated heterocycles. The molecule has 2 rings (SSSR count). The summed E-state index contributed by atoms with van der Waals surface area (Å²) in [5, 5.41) is 1.49. The van der Waals surface area contributed by atoms with Gasteiger partial charge in [0.15, 0.2) is 0 Å². The van der Waals surface area contributed by atoms with Crippen LogP contribution >= 0.6 is 46.4 Å². The van der Waals surface area contributed by atoms with Crippen molar-refractivity contribution in [1.29, 1.82) is 0 Å². The summed E-state index contributed by atoms with van der Waals surface area (Å²) in [4.78, 5) is 0. The highest BCUT2D eigenvalue weighted by Crippen LogP contribution is 2.50. The molecule has 0 N–H and O–H groups in total. The van der Waals surface area contributed by atoms with Crippen molar-refractivity contribution in [1.82, 2.24) is 0 Å². The van der Waals surface area contributed by atoms with Crippen LogP contribution in [0.15, 0.2) is 12.1 Å². The third kappa shape index (κ3) is 2.43. The van der Waals surface area contributed by atoms with Crippen LogP contribution in [0, 0.1) is 5.41 Å². The van der Waals surface area contributed by atoms with Crippen molar-refractivity contribution in [3.05, 3.63) is 27.2 Å². The van der Waals surface area contributed by atoms with E-state index in [1.54, 1.807) is 12.1 Å². The Bertz CT molecular complexity index is 463. The summed E-state index contributed by atoms with van der Waals surface area (Å²) in [6.45, 7) is 4.24. The van der Waals surface area contributed by atoms with Crippen LogP contribution in [0.2, 0.25) is 15.1 Å². The molecule has 1 aromatic carbocycles. The molecular formula is C13H14Cl4O. The smallest absolute Gasteiger partial charge is 0.139 e. The van der Waals surface area contributed by atoms with Crippen molar-refractivity contribution < 1.29 is 4.74 Å². The molecule has 0 spiro atoms. The van der Waals surface area contributed by atoms with Crippen molar-refractivity contribution in [3.63, 3.8) is 0 Å². The molecule has 1 aliphatic rings. The average Bonchev–Trinajstić information content (AvgIpc) is 2.34. The van der Waals surface area contributed by atoms with E-state index in [0.717, 1.165) is 12.8 Å². The highest BCUT2D eigenvalue weighted by Gasteiger charge is 2.51. The third-order valence-electron chi connectivity index (χ3n) is 3.88. The SMILES string of the molecule is CCC1(C)C(Cl)CC1Oc1cc(Cl)c(Cl)cc1Cl. The molecule has 5 heteroatoms. The normalized spacial score (nSPS) is 31.0. The van der Waals surface area contributed by atoms with Gasteiger partial charge in [-0.3, -0.25) is 0 Å². The second-order valence-corrected chi connectivity index (χ2v) is 6.61. The molecule has 1 aliphatic carbocycles. The summed E-state index contributed by atoms with van der Waals surface area (Å²) in [6, 6.07) is 3.25. The van der Waals surface area contributed by atoms with E-state index in [1.165, 1.54) is 0 Å². The van der Waals surface area contributed by atoms with Gasteiger partial charge in [-0.05, 0) is 12.5 Å². The first-order valence-electron chi connectivity index (χ1n) is 5.83. The Hall–Kier alpha value is 0.180. The van der Waals surface area contributed by atoms with E-state index in [-0.39, 0.29) is 16.9 Å². The highest BCUT2D eigenvalue weighted by molar-refractivity contribution is 6.43. The Balaban J connectivity index is 2.18. The number of ether oxygens (including phenoxy) is 1. The first kappa shape index (κ1) is 14.6. The van der Waals surface area contributed by atoms with Gasteiger partial charge < -0.3 is 4.74 Å². The average molecular weight is 328 g/mol. The van der Waals surface area contributed by atoms with Crippen LogP contribution in [0.25, 0.3) is 0 Å². The van der Waals surface area contributed by atoms with Gasteiger partial charge in [-0.2, -0.15) is 0 Å². The van der Waals surface area contributed by atoms with Gasteiger partial charge in [0.1, 0.15) is 11.9 Å². The van der Waals surface area contributed by atoms with Crippen molar-refractivity contribution in [2.24, 2.45) is 5.41 Å². The summed E-state index contributed by atoms with van der Waals surface area (Å²) < 4.78 is 5.93. The minimum atomic E-state index is -0.0169. The predicted molar refractivity (Wildman–Crippen MR) is 78.5 cm³/mol. The summed E-state index contributed by atoms with van der Waals surface area (Å²) >= 11 is 24.2. The van der Waals surface area contributed by atoms with Crippen molar-refractivity contribution in [2.45, 2.75) is 38.2 Å². The lowest BCUT2D eigenvalue weighted by atomic mass is 9.65. The van der Waals surface area contributed by atoms with E-state index < -0.39 is 0 Å². The second-order valence-electron chi connectivity index (χ2n) is 4.87. The molecule has 0 bridgehead atoms. The largest absolute Gasteiger partial charge is 0.488 e. The first-order chi connectivity index (χ1) is 8.38. The summed E-state index contributed by atoms with van der Waals surface area (Å²) in [5.41, 5.74) is -0.0169. The van der Waals surface area contributed by atoms with Gasteiger partial charge in [-0.1, -0.05) is 48.7 Å². The number of hydrogen-bond acceptors (Lipinski definition) is 1. The molecular weight excluding hydrogens is 314 g/mol. The quantitative estimate of drug-likeness (QED) is 0.502. The zero-order valence-corrected chi connectivity index (χ0v) is 13.2. The zero-order valence-electron chi connectivity index (χ0n) is 10.1. The summed E-state index contributed by atoms with van der Waals surface area (Å²) in [5.74, 6) is 0.569. The van der Waals surface area contributed by atoms with E-state index in [0.29, 0.717) is 20.8 Å². The van der Waals surface area contributed by atoms with Crippen molar-refractivity contribution in [3.8, 4) is 5.75 Å². The molecule has 0 aliphatic heterocycles. The predicted octanol–water partition coefficient (Wildman–Crippen LogP) is 5.82. The molecule has 1 fully saturated rings. The molecule has 0 radical (unpaired) electrons. The number of hydrogen-bond donors (Lipinski definition) is 0. The van der Waals surface area contributed by atoms with Crippen LogP contribution in [-0.2, 0) is 0 Å². The van der Waals surface area contributed by atoms with Crippen molar-refractivity contribution >= 4 is 46.4 Å². The van der Waals surface area contributed by atoms with E-state index in [4.69, 9.17) is 51.1 Å². The van der Waals surface area contributed by atoms with Crippen LogP contribution in [0.5, 0.6) is 5.75 Å². The lowest BCUT2D eigenvalue weighted by Gasteiger charge is -2.50. The molecule has 0 amide bonds. The molecule has 1 aromatic rings. The highest BCUT2D eigenvalue weighted by atomic mass is 35.5. The fourth-order valence-electron chi connectivity index (χ4n) is 2.15. The Morgan fingerprint density at radius 2 is 1.83 bits per heavy atom. The Kier molecular flexibility index (Phi) is 4.28. The lowest BCUT2D eigenvalue weighted by Crippen LogP contribution is -2.55. The minimum Gasteiger partial charge on any atom is -0.488 e. The fourth-order valence-corrected chi connectivity index (χ4v) is 3.19. The van der Waals surface area contributed by atoms with Crippen molar-refractivity contribution in [2.75, 3.05) is 0 Å². The molecule has 1 saturated carbocycles. The Morgan fingerprint density at radius 1 is 1.22 bits per heavy atom. The van der Waals surface area contributed by atoms with Gasteiger partial charge in [0.25, 0.3) is 0 Å². The van der Waals surface area contributed by atoms with Gasteiger partial charge in [0.2, 0.25) is 0 Å². The van der Waals surface area contributed by atoms with Gasteiger partial charge >= 0.3 is 0 Å². The Labute approximate surface area is 127 Å². The first-order valence-corrected chi connectivity index (χ1v) is 7.40. The van der Waals surface area contributed by atoms with Gasteiger partial charge in [0.05, 0.1) is 15.1 Å². The van der Waals surface area contributed by atoms with Crippen LogP contribution in [0.4, 0.5) is 0 Å². The standard InChI is InChI=1S/C13H14Cl4O/c1-3-13(2)11(17)6-12(13)18-10-5-8(15)7(14)4-9(10)16/h4-5,11-12H,3,6H2,1-2H3. The van der Waals surface area contributed by atoms with E-state index >= 15 is 0 Å². The maximum atomic E-state index is 6.25. The van der Waals surface area contributed by atoms with Gasteiger partial charge in [-0.15, -0.1) is 11.6 Å². The van der Waals surface area contributed by atoms with Gasteiger partial charge in [0, 0.05) is 23.3 Å². The maximum Gasteiger partial charge on any atom is 0.139 e. The number of rotatable bonds is 3. The van der Waals surface area contributed by atoms with E-state index in [9.17, 15) is 0 Å². The van der Waals surface area contributed by atoms with Crippen LogP contribution < -0.4 is 4.74 Å². The molecule has 18 heavy (non-hydrogen) atoms. The number of benzene rings is 1. The van der Waals surface area contributed by atoms with Gasteiger partial charge in [-0.25, -0.2) is 0 Å². The lowest BCUT2D eigenvalue weighted by molar-refractivity contribution is -0.0294. The minimum absolute atomic E-state index is 0.0169. The maximum absolute atomic E-state index is 6.25. The molecule has 3 atom stereocenters. The molecule has 100 valence electrons. The van der Waals surface area contributed by atoms with E-state index in [1.807, 2.05) is 0 Å². The van der Waals surface area contributed by atoms with Crippen LogP contribution in [-0.4, -0.2) is 11.5 Å².